The first-order valence-electron chi connectivity index (χ1n) is 5.51. The van der Waals surface area contributed by atoms with Gasteiger partial charge in [0.15, 0.2) is 5.82 Å². The molecule has 94 valence electrons. The minimum atomic E-state index is -0.664. The molecule has 2 aromatic rings. The fourth-order valence-corrected chi connectivity index (χ4v) is 1.86. The highest BCUT2D eigenvalue weighted by molar-refractivity contribution is 6.34. The highest BCUT2D eigenvalue weighted by Gasteiger charge is 2.22. The van der Waals surface area contributed by atoms with E-state index in [-0.39, 0.29) is 16.4 Å². The molecule has 0 spiro atoms. The second kappa shape index (κ2) is 5.27. The van der Waals surface area contributed by atoms with Crippen molar-refractivity contribution in [3.63, 3.8) is 0 Å². The van der Waals surface area contributed by atoms with Crippen LogP contribution < -0.4 is 0 Å². The van der Waals surface area contributed by atoms with E-state index in [0.717, 1.165) is 6.42 Å². The van der Waals surface area contributed by atoms with E-state index in [2.05, 4.69) is 10.1 Å². The largest absolute Gasteiger partial charge is 0.285 e. The molecule has 0 radical (unpaired) electrons. The minimum Gasteiger partial charge on any atom is -0.285 e. The number of aromatic nitrogens is 3. The summed E-state index contributed by atoms with van der Waals surface area (Å²) in [7, 11) is 0. The van der Waals surface area contributed by atoms with Crippen molar-refractivity contribution in [2.45, 2.75) is 19.9 Å². The number of nitrogens with zero attached hydrogens (tertiary/aromatic N) is 3. The number of ketones is 1. The Morgan fingerprint density at radius 3 is 3.00 bits per heavy atom. The molecule has 0 bridgehead atoms. The van der Waals surface area contributed by atoms with Gasteiger partial charge in [-0.25, -0.2) is 9.37 Å². The maximum absolute atomic E-state index is 13.5. The van der Waals surface area contributed by atoms with Gasteiger partial charge in [0.1, 0.15) is 11.4 Å². The first kappa shape index (κ1) is 12.7. The van der Waals surface area contributed by atoms with Gasteiger partial charge in [0.25, 0.3) is 0 Å². The fraction of sp³-hybridized carbons (Fsp3) is 0.250. The Morgan fingerprint density at radius 2 is 2.33 bits per heavy atom. The Bertz CT molecular complexity index is 582. The predicted octanol–water partition coefficient (Wildman–Crippen LogP) is 2.71. The zero-order valence-corrected chi connectivity index (χ0v) is 10.5. The number of carbonyl (C=O) groups is 1. The summed E-state index contributed by atoms with van der Waals surface area (Å²) in [6, 6.07) is 2.62. The van der Waals surface area contributed by atoms with Crippen LogP contribution in [0, 0.1) is 5.82 Å². The number of carbonyl (C=O) groups excluding carboxylic acids is 1. The maximum atomic E-state index is 13.5. The van der Waals surface area contributed by atoms with Crippen molar-refractivity contribution in [3.05, 3.63) is 46.8 Å². The highest BCUT2D eigenvalue weighted by Crippen LogP contribution is 2.19. The molecule has 0 fully saturated rings. The van der Waals surface area contributed by atoms with Crippen LogP contribution in [0.1, 0.15) is 29.5 Å². The van der Waals surface area contributed by atoms with Crippen LogP contribution >= 0.6 is 11.6 Å². The lowest BCUT2D eigenvalue weighted by atomic mass is 10.2. The topological polar surface area (TPSA) is 47.8 Å². The van der Waals surface area contributed by atoms with E-state index >= 15 is 0 Å². The summed E-state index contributed by atoms with van der Waals surface area (Å²) in [6.45, 7) is 2.49. The summed E-state index contributed by atoms with van der Waals surface area (Å²) >= 11 is 5.92. The third-order valence-corrected chi connectivity index (χ3v) is 2.70. The van der Waals surface area contributed by atoms with Crippen molar-refractivity contribution >= 4 is 17.4 Å². The van der Waals surface area contributed by atoms with Crippen LogP contribution in [0.3, 0.4) is 0 Å². The van der Waals surface area contributed by atoms with Crippen molar-refractivity contribution < 1.29 is 9.18 Å². The SMILES string of the molecule is CCCn1ncc(Cl)c1C(=O)c1ncccc1F. The van der Waals surface area contributed by atoms with Crippen molar-refractivity contribution in [2.24, 2.45) is 0 Å². The first-order valence-corrected chi connectivity index (χ1v) is 5.89. The summed E-state index contributed by atoms with van der Waals surface area (Å²) < 4.78 is 15.0. The quantitative estimate of drug-likeness (QED) is 0.800. The minimum absolute atomic E-state index is 0.177. The van der Waals surface area contributed by atoms with Crippen LogP contribution in [0.5, 0.6) is 0 Å². The van der Waals surface area contributed by atoms with Crippen molar-refractivity contribution in [1.29, 1.82) is 0 Å². The van der Waals surface area contributed by atoms with E-state index in [0.29, 0.717) is 6.54 Å². The number of hydrogen-bond acceptors (Lipinski definition) is 3. The average Bonchev–Trinajstić information content (AvgIpc) is 2.71. The molecule has 0 atom stereocenters. The molecule has 18 heavy (non-hydrogen) atoms. The van der Waals surface area contributed by atoms with E-state index in [1.807, 2.05) is 6.92 Å². The predicted molar refractivity (Wildman–Crippen MR) is 65.2 cm³/mol. The first-order chi connectivity index (χ1) is 8.65. The van der Waals surface area contributed by atoms with Gasteiger partial charge >= 0.3 is 0 Å². The zero-order valence-electron chi connectivity index (χ0n) is 9.73. The Balaban J connectivity index is 2.46. The average molecular weight is 268 g/mol. The Kier molecular flexibility index (Phi) is 3.72. The van der Waals surface area contributed by atoms with Crippen LogP contribution in [0.2, 0.25) is 5.02 Å². The lowest BCUT2D eigenvalue weighted by Gasteiger charge is -2.05. The molecule has 0 aliphatic rings. The van der Waals surface area contributed by atoms with Gasteiger partial charge in [-0.1, -0.05) is 18.5 Å². The van der Waals surface area contributed by atoms with Crippen LogP contribution in [0.15, 0.2) is 24.5 Å². The van der Waals surface area contributed by atoms with Gasteiger partial charge in [0.2, 0.25) is 5.78 Å². The number of halogens is 2. The van der Waals surface area contributed by atoms with Gasteiger partial charge < -0.3 is 0 Å². The van der Waals surface area contributed by atoms with Gasteiger partial charge in [-0.05, 0) is 18.6 Å². The summed E-state index contributed by atoms with van der Waals surface area (Å²) in [5.74, 6) is -1.22. The fourth-order valence-electron chi connectivity index (χ4n) is 1.63. The van der Waals surface area contributed by atoms with Crippen LogP contribution in [0.4, 0.5) is 4.39 Å². The molecule has 0 N–H and O–H groups in total. The van der Waals surface area contributed by atoms with Crippen LogP contribution in [-0.4, -0.2) is 20.5 Å². The Hall–Kier alpha value is -1.75. The highest BCUT2D eigenvalue weighted by atomic mass is 35.5. The van der Waals surface area contributed by atoms with Gasteiger partial charge in [-0.15, -0.1) is 0 Å². The third kappa shape index (κ3) is 2.26. The molecule has 2 rings (SSSR count). The number of pyridine rings is 1. The lowest BCUT2D eigenvalue weighted by molar-refractivity contribution is 0.102. The molecular weight excluding hydrogens is 257 g/mol. The second-order valence-corrected chi connectivity index (χ2v) is 4.13. The third-order valence-electron chi connectivity index (χ3n) is 2.42. The van der Waals surface area contributed by atoms with E-state index < -0.39 is 11.6 Å². The normalized spacial score (nSPS) is 10.6. The standard InChI is InChI=1S/C12H11ClFN3O/c1-2-6-17-11(8(13)7-16-17)12(18)10-9(14)4-3-5-15-10/h3-5,7H,2,6H2,1H3. The van der Waals surface area contributed by atoms with Gasteiger partial charge in [0, 0.05) is 12.7 Å². The van der Waals surface area contributed by atoms with E-state index in [1.54, 1.807) is 0 Å². The summed E-state index contributed by atoms with van der Waals surface area (Å²) in [4.78, 5) is 15.9. The molecule has 0 saturated heterocycles. The monoisotopic (exact) mass is 267 g/mol. The second-order valence-electron chi connectivity index (χ2n) is 3.73. The summed E-state index contributed by atoms with van der Waals surface area (Å²) in [5, 5.41) is 4.20. The summed E-state index contributed by atoms with van der Waals surface area (Å²) in [5.41, 5.74) is -0.0617. The molecule has 0 amide bonds. The molecule has 0 saturated carbocycles. The molecule has 2 aromatic heterocycles. The Labute approximate surface area is 108 Å². The number of hydrogen-bond donors (Lipinski definition) is 0. The molecule has 0 aliphatic heterocycles. The van der Waals surface area contributed by atoms with Crippen LogP contribution in [0.25, 0.3) is 0 Å². The van der Waals surface area contributed by atoms with Crippen molar-refractivity contribution in [1.82, 2.24) is 14.8 Å². The molecule has 0 aliphatic carbocycles. The Morgan fingerprint density at radius 1 is 1.56 bits per heavy atom. The molecule has 2 heterocycles. The van der Waals surface area contributed by atoms with E-state index in [1.165, 1.54) is 29.2 Å². The molecule has 6 heteroatoms. The molecular formula is C12H11ClFN3O. The van der Waals surface area contributed by atoms with Gasteiger partial charge in [-0.3, -0.25) is 9.48 Å². The number of rotatable bonds is 4. The van der Waals surface area contributed by atoms with Crippen LogP contribution in [-0.2, 0) is 6.54 Å². The van der Waals surface area contributed by atoms with Crippen molar-refractivity contribution in [2.75, 3.05) is 0 Å². The molecule has 0 unspecified atom stereocenters. The summed E-state index contributed by atoms with van der Waals surface area (Å²) in [6.07, 6.45) is 3.54. The smallest absolute Gasteiger partial charge is 0.233 e. The lowest BCUT2D eigenvalue weighted by Crippen LogP contribution is -2.14. The van der Waals surface area contributed by atoms with E-state index in [4.69, 9.17) is 11.6 Å². The van der Waals surface area contributed by atoms with Gasteiger partial charge in [0.05, 0.1) is 11.2 Å². The maximum Gasteiger partial charge on any atom is 0.233 e. The van der Waals surface area contributed by atoms with Crippen molar-refractivity contribution in [3.8, 4) is 0 Å². The van der Waals surface area contributed by atoms with Gasteiger partial charge in [-0.2, -0.15) is 5.10 Å². The van der Waals surface area contributed by atoms with E-state index in [9.17, 15) is 9.18 Å². The molecule has 0 aromatic carbocycles. The zero-order chi connectivity index (χ0) is 13.1. The number of aryl methyl sites for hydroxylation is 1. The molecule has 4 nitrogen and oxygen atoms in total.